The highest BCUT2D eigenvalue weighted by Gasteiger charge is 2.09. The van der Waals surface area contributed by atoms with Gasteiger partial charge in [0.25, 0.3) is 0 Å². The maximum absolute atomic E-state index is 12.3. The third kappa shape index (κ3) is 6.71. The van der Waals surface area contributed by atoms with Crippen molar-refractivity contribution in [2.75, 3.05) is 26.1 Å². The number of hydrogen-bond donors (Lipinski definition) is 1. The summed E-state index contributed by atoms with van der Waals surface area (Å²) in [5.74, 6) is 1.57. The molecule has 1 amide bonds. The van der Waals surface area contributed by atoms with E-state index in [1.54, 1.807) is 25.3 Å². The molecule has 0 saturated heterocycles. The first-order valence-corrected chi connectivity index (χ1v) is 10.00. The summed E-state index contributed by atoms with van der Waals surface area (Å²) in [6.45, 7) is 4.68. The van der Waals surface area contributed by atoms with Crippen molar-refractivity contribution in [1.29, 1.82) is 0 Å². The van der Waals surface area contributed by atoms with E-state index in [0.717, 1.165) is 30.4 Å². The van der Waals surface area contributed by atoms with Gasteiger partial charge >= 0.3 is 0 Å². The van der Waals surface area contributed by atoms with Gasteiger partial charge in [0, 0.05) is 17.2 Å². The lowest BCUT2D eigenvalue weighted by molar-refractivity contribution is -0.111. The Balaban J connectivity index is 2.05. The SMILES string of the molecule is CCCCCOc1ccc(C=CC(=O)Nc2cc(C)c(Cl)cc2OC)cc1OC. The van der Waals surface area contributed by atoms with Crippen LogP contribution in [0.25, 0.3) is 6.08 Å². The Morgan fingerprint density at radius 1 is 1.07 bits per heavy atom. The predicted molar refractivity (Wildman–Crippen MR) is 118 cm³/mol. The molecule has 156 valence electrons. The first kappa shape index (κ1) is 22.6. The Morgan fingerprint density at radius 2 is 1.83 bits per heavy atom. The largest absolute Gasteiger partial charge is 0.495 e. The first-order valence-electron chi connectivity index (χ1n) is 9.62. The molecule has 0 spiro atoms. The second kappa shape index (κ2) is 11.4. The fourth-order valence-electron chi connectivity index (χ4n) is 2.72. The van der Waals surface area contributed by atoms with Gasteiger partial charge in [-0.05, 0) is 48.7 Å². The summed E-state index contributed by atoms with van der Waals surface area (Å²) in [5.41, 5.74) is 2.25. The van der Waals surface area contributed by atoms with Crippen LogP contribution in [0.4, 0.5) is 5.69 Å². The monoisotopic (exact) mass is 417 g/mol. The fourth-order valence-corrected chi connectivity index (χ4v) is 2.87. The molecule has 0 unspecified atom stereocenters. The molecule has 2 aromatic carbocycles. The van der Waals surface area contributed by atoms with Crippen LogP contribution >= 0.6 is 11.6 Å². The van der Waals surface area contributed by atoms with E-state index < -0.39 is 0 Å². The van der Waals surface area contributed by atoms with Crippen molar-refractivity contribution in [1.82, 2.24) is 0 Å². The minimum atomic E-state index is -0.274. The molecule has 5 nitrogen and oxygen atoms in total. The number of methoxy groups -OCH3 is 2. The van der Waals surface area contributed by atoms with Crippen molar-refractivity contribution in [3.8, 4) is 17.2 Å². The molecular weight excluding hydrogens is 390 g/mol. The van der Waals surface area contributed by atoms with Gasteiger partial charge in [0.15, 0.2) is 11.5 Å². The van der Waals surface area contributed by atoms with Gasteiger partial charge in [-0.1, -0.05) is 37.4 Å². The third-order valence-electron chi connectivity index (χ3n) is 4.36. The van der Waals surface area contributed by atoms with Crippen molar-refractivity contribution >= 4 is 29.3 Å². The summed E-state index contributed by atoms with van der Waals surface area (Å²) in [6.07, 6.45) is 6.47. The highest BCUT2D eigenvalue weighted by Crippen LogP contribution is 2.31. The minimum Gasteiger partial charge on any atom is -0.495 e. The molecule has 0 aliphatic heterocycles. The van der Waals surface area contributed by atoms with Crippen molar-refractivity contribution in [3.63, 3.8) is 0 Å². The van der Waals surface area contributed by atoms with Crippen molar-refractivity contribution in [2.24, 2.45) is 0 Å². The zero-order valence-electron chi connectivity index (χ0n) is 17.4. The third-order valence-corrected chi connectivity index (χ3v) is 4.77. The summed E-state index contributed by atoms with van der Waals surface area (Å²) in [6, 6.07) is 9.04. The van der Waals surface area contributed by atoms with E-state index in [0.29, 0.717) is 34.6 Å². The highest BCUT2D eigenvalue weighted by atomic mass is 35.5. The van der Waals surface area contributed by atoms with Crippen molar-refractivity contribution in [2.45, 2.75) is 33.1 Å². The molecule has 2 rings (SSSR count). The van der Waals surface area contributed by atoms with E-state index in [1.807, 2.05) is 25.1 Å². The van der Waals surface area contributed by atoms with Crippen LogP contribution < -0.4 is 19.5 Å². The number of amides is 1. The van der Waals surface area contributed by atoms with Gasteiger partial charge in [0.2, 0.25) is 5.91 Å². The molecule has 0 saturated carbocycles. The molecule has 2 aromatic rings. The van der Waals surface area contributed by atoms with Crippen LogP contribution in [0.1, 0.15) is 37.3 Å². The number of aryl methyl sites for hydroxylation is 1. The molecule has 0 heterocycles. The molecule has 0 atom stereocenters. The van der Waals surface area contributed by atoms with Gasteiger partial charge in [-0.3, -0.25) is 4.79 Å². The molecule has 0 radical (unpaired) electrons. The Morgan fingerprint density at radius 3 is 2.52 bits per heavy atom. The molecule has 6 heteroatoms. The van der Waals surface area contributed by atoms with E-state index in [1.165, 1.54) is 13.2 Å². The summed E-state index contributed by atoms with van der Waals surface area (Å²) >= 11 is 6.10. The zero-order chi connectivity index (χ0) is 21.2. The number of ether oxygens (including phenoxy) is 3. The van der Waals surface area contributed by atoms with Gasteiger partial charge < -0.3 is 19.5 Å². The normalized spacial score (nSPS) is 10.8. The summed E-state index contributed by atoms with van der Waals surface area (Å²) in [7, 11) is 3.13. The number of carbonyl (C=O) groups is 1. The van der Waals surface area contributed by atoms with E-state index in [2.05, 4.69) is 12.2 Å². The first-order chi connectivity index (χ1) is 14.0. The van der Waals surface area contributed by atoms with Gasteiger partial charge in [-0.15, -0.1) is 0 Å². The van der Waals surface area contributed by atoms with Gasteiger partial charge in [-0.2, -0.15) is 0 Å². The predicted octanol–water partition coefficient (Wildman–Crippen LogP) is 5.89. The topological polar surface area (TPSA) is 56.8 Å². The van der Waals surface area contributed by atoms with Crippen molar-refractivity contribution in [3.05, 3.63) is 52.6 Å². The zero-order valence-corrected chi connectivity index (χ0v) is 18.1. The van der Waals surface area contributed by atoms with Crippen LogP contribution in [0.3, 0.4) is 0 Å². The minimum absolute atomic E-state index is 0.274. The fraction of sp³-hybridized carbons (Fsp3) is 0.348. The molecule has 29 heavy (non-hydrogen) atoms. The number of anilines is 1. The Hall–Kier alpha value is -2.66. The van der Waals surface area contributed by atoms with Crippen LogP contribution in [-0.2, 0) is 4.79 Å². The maximum atomic E-state index is 12.3. The highest BCUT2D eigenvalue weighted by molar-refractivity contribution is 6.31. The van der Waals surface area contributed by atoms with Gasteiger partial charge in [0.05, 0.1) is 26.5 Å². The average Bonchev–Trinajstić information content (AvgIpc) is 2.72. The number of hydrogen-bond acceptors (Lipinski definition) is 4. The smallest absolute Gasteiger partial charge is 0.248 e. The molecule has 1 N–H and O–H groups in total. The van der Waals surface area contributed by atoms with E-state index in [4.69, 9.17) is 25.8 Å². The number of nitrogens with one attached hydrogen (secondary N) is 1. The summed E-state index contributed by atoms with van der Waals surface area (Å²) in [5, 5.41) is 3.40. The van der Waals surface area contributed by atoms with Crippen molar-refractivity contribution < 1.29 is 19.0 Å². The van der Waals surface area contributed by atoms with Crippen LogP contribution in [0.5, 0.6) is 17.2 Å². The van der Waals surface area contributed by atoms with Crippen LogP contribution in [-0.4, -0.2) is 26.7 Å². The van der Waals surface area contributed by atoms with E-state index in [9.17, 15) is 4.79 Å². The van der Waals surface area contributed by atoms with Gasteiger partial charge in [0.1, 0.15) is 5.75 Å². The number of unbranched alkanes of at least 4 members (excludes halogenated alkanes) is 2. The lowest BCUT2D eigenvalue weighted by Crippen LogP contribution is -2.09. The molecule has 0 fully saturated rings. The maximum Gasteiger partial charge on any atom is 0.248 e. The summed E-state index contributed by atoms with van der Waals surface area (Å²) in [4.78, 5) is 12.3. The quantitative estimate of drug-likeness (QED) is 0.387. The number of rotatable bonds is 10. The number of carbonyl (C=O) groups excluding carboxylic acids is 1. The van der Waals surface area contributed by atoms with Gasteiger partial charge in [-0.25, -0.2) is 0 Å². The second-order valence-corrected chi connectivity index (χ2v) is 7.00. The Bertz CT molecular complexity index is 864. The number of benzene rings is 2. The van der Waals surface area contributed by atoms with E-state index >= 15 is 0 Å². The lowest BCUT2D eigenvalue weighted by atomic mass is 10.1. The lowest BCUT2D eigenvalue weighted by Gasteiger charge is -2.12. The Labute approximate surface area is 177 Å². The number of halogens is 1. The van der Waals surface area contributed by atoms with Crippen LogP contribution in [0, 0.1) is 6.92 Å². The van der Waals surface area contributed by atoms with Crippen LogP contribution in [0.2, 0.25) is 5.02 Å². The molecule has 0 aliphatic rings. The molecular formula is C23H28ClNO4. The Kier molecular flexibility index (Phi) is 8.87. The molecule has 0 aliphatic carbocycles. The average molecular weight is 418 g/mol. The van der Waals surface area contributed by atoms with E-state index in [-0.39, 0.29) is 5.91 Å². The summed E-state index contributed by atoms with van der Waals surface area (Å²) < 4.78 is 16.5. The molecule has 0 aromatic heterocycles. The second-order valence-electron chi connectivity index (χ2n) is 6.59. The standard InChI is InChI=1S/C23H28ClNO4/c1-5-6-7-12-29-20-10-8-17(14-22(20)28-4)9-11-23(26)25-19-13-16(2)18(24)15-21(19)27-3/h8-11,13-15H,5-7,12H2,1-4H3,(H,25,26). The van der Waals surface area contributed by atoms with Crippen LogP contribution in [0.15, 0.2) is 36.4 Å². The molecule has 0 bridgehead atoms.